The van der Waals surface area contributed by atoms with Gasteiger partial charge in [-0.15, -0.1) is 0 Å². The molecule has 138 valence electrons. The standard InChI is InChI=1S/C17H16N6O3S/c1-21-15-10(9-19-17(20-15)27-2)8-13(16(21)24)22-7-6-18-14-11(22)4-3-5-12(14)23(25)26/h3-5,8-9,18H,6-7H2,1-2H3. The Labute approximate surface area is 158 Å². The van der Waals surface area contributed by atoms with Crippen molar-refractivity contribution in [1.82, 2.24) is 14.5 Å². The van der Waals surface area contributed by atoms with Gasteiger partial charge in [-0.25, -0.2) is 9.97 Å². The Balaban J connectivity index is 1.92. The average molecular weight is 384 g/mol. The molecule has 0 saturated heterocycles. The summed E-state index contributed by atoms with van der Waals surface area (Å²) in [5.41, 5.74) is 1.79. The number of benzene rings is 1. The van der Waals surface area contributed by atoms with Gasteiger partial charge in [-0.1, -0.05) is 17.8 Å². The van der Waals surface area contributed by atoms with E-state index >= 15 is 0 Å². The monoisotopic (exact) mass is 384 g/mol. The van der Waals surface area contributed by atoms with Gasteiger partial charge >= 0.3 is 0 Å². The summed E-state index contributed by atoms with van der Waals surface area (Å²) in [6, 6.07) is 6.59. The van der Waals surface area contributed by atoms with E-state index in [1.165, 1.54) is 22.4 Å². The van der Waals surface area contributed by atoms with E-state index in [9.17, 15) is 14.9 Å². The summed E-state index contributed by atoms with van der Waals surface area (Å²) in [5, 5.41) is 15.7. The maximum Gasteiger partial charge on any atom is 0.294 e. The van der Waals surface area contributed by atoms with Gasteiger partial charge in [-0.2, -0.15) is 0 Å². The van der Waals surface area contributed by atoms with Crippen LogP contribution in [0.5, 0.6) is 0 Å². The van der Waals surface area contributed by atoms with Crippen LogP contribution >= 0.6 is 11.8 Å². The summed E-state index contributed by atoms with van der Waals surface area (Å²) in [7, 11) is 1.67. The fourth-order valence-electron chi connectivity index (χ4n) is 3.26. The number of thioether (sulfide) groups is 1. The van der Waals surface area contributed by atoms with Crippen molar-refractivity contribution in [3.05, 3.63) is 50.9 Å². The van der Waals surface area contributed by atoms with Gasteiger partial charge in [0.15, 0.2) is 5.16 Å². The predicted octanol–water partition coefficient (Wildman–Crippen LogP) is 2.52. The topological polar surface area (TPSA) is 106 Å². The van der Waals surface area contributed by atoms with Crippen LogP contribution in [0.2, 0.25) is 0 Å². The zero-order chi connectivity index (χ0) is 19.1. The fraction of sp³-hybridized carbons (Fsp3) is 0.235. The SMILES string of the molecule is CSc1ncc2cc(N3CCNc4c3cccc4[N+](=O)[O-])c(=O)n(C)c2n1. The van der Waals surface area contributed by atoms with Crippen molar-refractivity contribution in [1.29, 1.82) is 0 Å². The molecule has 4 rings (SSSR count). The zero-order valence-electron chi connectivity index (χ0n) is 14.7. The highest BCUT2D eigenvalue weighted by atomic mass is 32.2. The van der Waals surface area contributed by atoms with Crippen molar-refractivity contribution in [2.24, 2.45) is 7.05 Å². The lowest BCUT2D eigenvalue weighted by molar-refractivity contribution is -0.383. The Morgan fingerprint density at radius 1 is 1.33 bits per heavy atom. The molecule has 1 aliphatic rings. The molecule has 0 bridgehead atoms. The summed E-state index contributed by atoms with van der Waals surface area (Å²) in [5.74, 6) is 0. The Morgan fingerprint density at radius 3 is 2.89 bits per heavy atom. The number of para-hydroxylation sites is 1. The first kappa shape index (κ1) is 17.3. The molecule has 0 radical (unpaired) electrons. The molecule has 9 nitrogen and oxygen atoms in total. The lowest BCUT2D eigenvalue weighted by atomic mass is 10.1. The Bertz CT molecular complexity index is 1130. The lowest BCUT2D eigenvalue weighted by Crippen LogP contribution is -2.35. The van der Waals surface area contributed by atoms with E-state index in [0.29, 0.717) is 41.0 Å². The molecule has 0 aliphatic carbocycles. The molecule has 0 spiro atoms. The molecule has 0 amide bonds. The predicted molar refractivity (Wildman–Crippen MR) is 105 cm³/mol. The number of pyridine rings is 1. The summed E-state index contributed by atoms with van der Waals surface area (Å²) in [4.78, 5) is 34.4. The van der Waals surface area contributed by atoms with Crippen LogP contribution in [0.3, 0.4) is 0 Å². The minimum Gasteiger partial charge on any atom is -0.376 e. The second kappa shape index (κ2) is 6.54. The minimum absolute atomic E-state index is 0.0113. The quantitative estimate of drug-likeness (QED) is 0.318. The molecule has 0 saturated carbocycles. The third-order valence-electron chi connectivity index (χ3n) is 4.53. The number of rotatable bonds is 3. The second-order valence-electron chi connectivity index (χ2n) is 6.04. The molecule has 0 atom stereocenters. The van der Waals surface area contributed by atoms with E-state index in [1.54, 1.807) is 31.4 Å². The van der Waals surface area contributed by atoms with Crippen LogP contribution in [0.4, 0.5) is 22.7 Å². The van der Waals surface area contributed by atoms with E-state index in [-0.39, 0.29) is 11.2 Å². The molecule has 3 heterocycles. The number of hydrogen-bond donors (Lipinski definition) is 1. The van der Waals surface area contributed by atoms with Crippen molar-refractivity contribution in [3.63, 3.8) is 0 Å². The molecular formula is C17H16N6O3S. The highest BCUT2D eigenvalue weighted by molar-refractivity contribution is 7.98. The number of fused-ring (bicyclic) bond motifs is 2. The minimum atomic E-state index is -0.425. The van der Waals surface area contributed by atoms with Crippen LogP contribution < -0.4 is 15.8 Å². The van der Waals surface area contributed by atoms with Crippen LogP contribution in [-0.2, 0) is 7.05 Å². The van der Waals surface area contributed by atoms with Gasteiger partial charge in [-0.05, 0) is 18.4 Å². The van der Waals surface area contributed by atoms with E-state index in [0.717, 1.165) is 5.39 Å². The number of nitro groups is 1. The van der Waals surface area contributed by atoms with Gasteiger partial charge in [0.2, 0.25) is 0 Å². The molecule has 3 aromatic rings. The van der Waals surface area contributed by atoms with Crippen LogP contribution in [0, 0.1) is 10.1 Å². The Morgan fingerprint density at radius 2 is 2.15 bits per heavy atom. The highest BCUT2D eigenvalue weighted by Gasteiger charge is 2.27. The maximum atomic E-state index is 13.0. The molecule has 10 heteroatoms. The van der Waals surface area contributed by atoms with Crippen LogP contribution in [0.15, 0.2) is 40.4 Å². The summed E-state index contributed by atoms with van der Waals surface area (Å²) in [6.07, 6.45) is 3.56. The first-order valence-electron chi connectivity index (χ1n) is 8.21. The van der Waals surface area contributed by atoms with Crippen molar-refractivity contribution >= 4 is 45.5 Å². The van der Waals surface area contributed by atoms with Gasteiger partial charge in [0.05, 0.1) is 10.6 Å². The third kappa shape index (κ3) is 2.78. The number of hydrogen-bond acceptors (Lipinski definition) is 8. The number of anilines is 3. The number of nitrogens with one attached hydrogen (secondary N) is 1. The molecule has 2 aromatic heterocycles. The van der Waals surface area contributed by atoms with Crippen molar-refractivity contribution in [2.45, 2.75) is 5.16 Å². The second-order valence-corrected chi connectivity index (χ2v) is 6.81. The van der Waals surface area contributed by atoms with E-state index < -0.39 is 4.92 Å². The van der Waals surface area contributed by atoms with Crippen molar-refractivity contribution < 1.29 is 4.92 Å². The third-order valence-corrected chi connectivity index (χ3v) is 5.09. The fourth-order valence-corrected chi connectivity index (χ4v) is 3.59. The first-order chi connectivity index (χ1) is 13.0. The normalized spacial score (nSPS) is 13.3. The van der Waals surface area contributed by atoms with E-state index in [1.807, 2.05) is 11.2 Å². The van der Waals surface area contributed by atoms with Gasteiger partial charge in [0, 0.05) is 37.8 Å². The van der Waals surface area contributed by atoms with Gasteiger partial charge in [-0.3, -0.25) is 19.5 Å². The van der Waals surface area contributed by atoms with Crippen LogP contribution in [-0.4, -0.2) is 38.8 Å². The smallest absolute Gasteiger partial charge is 0.294 e. The molecule has 1 aromatic carbocycles. The average Bonchev–Trinajstić information content (AvgIpc) is 2.69. The molecule has 1 N–H and O–H groups in total. The van der Waals surface area contributed by atoms with Gasteiger partial charge < -0.3 is 10.2 Å². The highest BCUT2D eigenvalue weighted by Crippen LogP contribution is 2.39. The molecule has 27 heavy (non-hydrogen) atoms. The number of nitrogens with zero attached hydrogens (tertiary/aromatic N) is 5. The molecule has 0 unspecified atom stereocenters. The maximum absolute atomic E-state index is 13.0. The van der Waals surface area contributed by atoms with Crippen molar-refractivity contribution in [2.75, 3.05) is 29.6 Å². The van der Waals surface area contributed by atoms with Crippen molar-refractivity contribution in [3.8, 4) is 0 Å². The Kier molecular flexibility index (Phi) is 4.19. The van der Waals surface area contributed by atoms with E-state index in [4.69, 9.17) is 0 Å². The van der Waals surface area contributed by atoms with Crippen LogP contribution in [0.1, 0.15) is 0 Å². The number of aromatic nitrogens is 3. The van der Waals surface area contributed by atoms with Gasteiger partial charge in [0.25, 0.3) is 11.2 Å². The zero-order valence-corrected chi connectivity index (χ0v) is 15.5. The molecule has 1 aliphatic heterocycles. The largest absolute Gasteiger partial charge is 0.376 e. The first-order valence-corrected chi connectivity index (χ1v) is 9.43. The van der Waals surface area contributed by atoms with Crippen LogP contribution in [0.25, 0.3) is 11.0 Å². The lowest BCUT2D eigenvalue weighted by Gasteiger charge is -2.31. The Hall–Kier alpha value is -3.14. The van der Waals surface area contributed by atoms with E-state index in [2.05, 4.69) is 15.3 Å². The van der Waals surface area contributed by atoms with Gasteiger partial charge in [0.1, 0.15) is 17.0 Å². The number of nitro benzene ring substituents is 1. The molecular weight excluding hydrogens is 368 g/mol. The summed E-state index contributed by atoms with van der Waals surface area (Å²) >= 11 is 1.41. The summed E-state index contributed by atoms with van der Waals surface area (Å²) in [6.45, 7) is 1.000. The summed E-state index contributed by atoms with van der Waals surface area (Å²) < 4.78 is 1.49. The molecule has 0 fully saturated rings. The number of aryl methyl sites for hydroxylation is 1.